The van der Waals surface area contributed by atoms with Gasteiger partial charge in [0.05, 0.1) is 6.04 Å². The highest BCUT2D eigenvalue weighted by molar-refractivity contribution is 5.96. The molecule has 0 aromatic heterocycles. The van der Waals surface area contributed by atoms with Crippen molar-refractivity contribution in [1.82, 2.24) is 4.90 Å². The number of ether oxygens (including phenoxy) is 1. The minimum Gasteiger partial charge on any atom is -0.447 e. The molecule has 0 saturated carbocycles. The first-order chi connectivity index (χ1) is 17.0. The first-order valence-corrected chi connectivity index (χ1v) is 12.2. The average molecular weight is 470 g/mol. The molecule has 2 aliphatic rings. The predicted molar refractivity (Wildman–Crippen MR) is 138 cm³/mol. The number of carbonyl (C=O) groups excluding carboxylic acids is 2. The van der Waals surface area contributed by atoms with Gasteiger partial charge in [0.25, 0.3) is 5.91 Å². The van der Waals surface area contributed by atoms with Crippen molar-refractivity contribution in [2.75, 3.05) is 42.6 Å². The highest BCUT2D eigenvalue weighted by Gasteiger charge is 2.34. The maximum Gasteiger partial charge on any atom is 0.414 e. The Bertz CT molecular complexity index is 1200. The molecule has 0 aliphatic carbocycles. The van der Waals surface area contributed by atoms with E-state index in [1.165, 1.54) is 16.8 Å². The number of hydrogen-bond acceptors (Lipinski definition) is 4. The summed E-state index contributed by atoms with van der Waals surface area (Å²) in [5.41, 5.74) is 6.33. The summed E-state index contributed by atoms with van der Waals surface area (Å²) in [6.07, 6.45) is 0.380. The fraction of sp³-hybridized carbons (Fsp3) is 0.310. The predicted octanol–water partition coefficient (Wildman–Crippen LogP) is 4.83. The SMILES string of the molecule is Cc1ccc(N2CCN(C(=O)c3ccc(N4C(=O)OCC4Cc4ccccc4)cc3)CC2)c(C)c1. The van der Waals surface area contributed by atoms with E-state index in [2.05, 4.69) is 49.1 Å². The summed E-state index contributed by atoms with van der Waals surface area (Å²) in [6, 6.07) is 23.9. The van der Waals surface area contributed by atoms with E-state index in [9.17, 15) is 9.59 Å². The summed E-state index contributed by atoms with van der Waals surface area (Å²) < 4.78 is 5.35. The van der Waals surface area contributed by atoms with Gasteiger partial charge in [0.15, 0.2) is 0 Å². The van der Waals surface area contributed by atoms with Crippen LogP contribution in [0.3, 0.4) is 0 Å². The van der Waals surface area contributed by atoms with E-state index in [-0.39, 0.29) is 18.0 Å². The van der Waals surface area contributed by atoms with Crippen molar-refractivity contribution in [3.8, 4) is 0 Å². The van der Waals surface area contributed by atoms with Gasteiger partial charge < -0.3 is 14.5 Å². The zero-order chi connectivity index (χ0) is 24.4. The number of rotatable bonds is 5. The molecule has 3 aromatic carbocycles. The number of aryl methyl sites for hydroxylation is 2. The van der Waals surface area contributed by atoms with Crippen LogP contribution in [0.1, 0.15) is 27.0 Å². The maximum absolute atomic E-state index is 13.2. The average Bonchev–Trinajstić information content (AvgIpc) is 3.24. The number of amides is 2. The molecule has 0 N–H and O–H groups in total. The largest absolute Gasteiger partial charge is 0.447 e. The smallest absolute Gasteiger partial charge is 0.414 e. The van der Waals surface area contributed by atoms with E-state index in [0.29, 0.717) is 25.3 Å². The van der Waals surface area contributed by atoms with Crippen LogP contribution in [0.5, 0.6) is 0 Å². The van der Waals surface area contributed by atoms with Gasteiger partial charge in [-0.25, -0.2) is 4.79 Å². The van der Waals surface area contributed by atoms with E-state index in [1.54, 1.807) is 4.90 Å². The van der Waals surface area contributed by atoms with Crippen LogP contribution >= 0.6 is 0 Å². The van der Waals surface area contributed by atoms with Gasteiger partial charge in [-0.05, 0) is 61.7 Å². The number of hydrogen-bond donors (Lipinski definition) is 0. The van der Waals surface area contributed by atoms with E-state index >= 15 is 0 Å². The number of cyclic esters (lactones) is 1. The Morgan fingerprint density at radius 1 is 0.914 bits per heavy atom. The van der Waals surface area contributed by atoms with Crippen LogP contribution in [0, 0.1) is 13.8 Å². The summed E-state index contributed by atoms with van der Waals surface area (Å²) in [7, 11) is 0. The van der Waals surface area contributed by atoms with Crippen molar-refractivity contribution < 1.29 is 14.3 Å². The van der Waals surface area contributed by atoms with E-state index in [0.717, 1.165) is 30.8 Å². The molecule has 0 radical (unpaired) electrons. The van der Waals surface area contributed by atoms with Crippen molar-refractivity contribution in [3.63, 3.8) is 0 Å². The molecule has 3 aromatic rings. The Hall–Kier alpha value is -3.80. The zero-order valence-electron chi connectivity index (χ0n) is 20.3. The lowest BCUT2D eigenvalue weighted by molar-refractivity contribution is 0.0747. The second-order valence-corrected chi connectivity index (χ2v) is 9.41. The molecule has 35 heavy (non-hydrogen) atoms. The minimum atomic E-state index is -0.340. The molecule has 2 fully saturated rings. The monoisotopic (exact) mass is 469 g/mol. The van der Waals surface area contributed by atoms with Crippen LogP contribution in [0.15, 0.2) is 72.8 Å². The summed E-state index contributed by atoms with van der Waals surface area (Å²) in [5.74, 6) is 0.0293. The van der Waals surface area contributed by atoms with Crippen LogP contribution in [0.25, 0.3) is 0 Å². The molecule has 6 heteroatoms. The van der Waals surface area contributed by atoms with Crippen molar-refractivity contribution in [3.05, 3.63) is 95.1 Å². The normalized spacial score (nSPS) is 18.1. The van der Waals surface area contributed by atoms with Gasteiger partial charge in [-0.1, -0.05) is 48.0 Å². The topological polar surface area (TPSA) is 53.1 Å². The molecule has 1 atom stereocenters. The van der Waals surface area contributed by atoms with Crippen LogP contribution in [0.2, 0.25) is 0 Å². The molecule has 2 heterocycles. The van der Waals surface area contributed by atoms with Crippen LogP contribution < -0.4 is 9.80 Å². The zero-order valence-corrected chi connectivity index (χ0v) is 20.3. The molecule has 2 aliphatic heterocycles. The molecule has 5 rings (SSSR count). The highest BCUT2D eigenvalue weighted by Crippen LogP contribution is 2.27. The number of anilines is 2. The maximum atomic E-state index is 13.2. The Morgan fingerprint density at radius 2 is 1.63 bits per heavy atom. The second kappa shape index (κ2) is 9.82. The van der Waals surface area contributed by atoms with E-state index in [4.69, 9.17) is 4.74 Å². The quantitative estimate of drug-likeness (QED) is 0.537. The Morgan fingerprint density at radius 3 is 2.31 bits per heavy atom. The van der Waals surface area contributed by atoms with Gasteiger partial charge in [0.2, 0.25) is 0 Å². The second-order valence-electron chi connectivity index (χ2n) is 9.41. The molecule has 1 unspecified atom stereocenters. The third kappa shape index (κ3) is 4.87. The Kier molecular flexibility index (Phi) is 6.45. The third-order valence-corrected chi connectivity index (χ3v) is 6.93. The van der Waals surface area contributed by atoms with Crippen LogP contribution in [-0.2, 0) is 11.2 Å². The molecular weight excluding hydrogens is 438 g/mol. The van der Waals surface area contributed by atoms with Gasteiger partial charge in [-0.15, -0.1) is 0 Å². The number of carbonyl (C=O) groups is 2. The lowest BCUT2D eigenvalue weighted by Crippen LogP contribution is -2.49. The van der Waals surface area contributed by atoms with Crippen molar-refractivity contribution in [2.24, 2.45) is 0 Å². The molecule has 180 valence electrons. The summed E-state index contributed by atoms with van der Waals surface area (Å²) in [6.45, 7) is 7.61. The number of nitrogens with zero attached hydrogens (tertiary/aromatic N) is 3. The third-order valence-electron chi connectivity index (χ3n) is 6.93. The molecule has 0 bridgehead atoms. The lowest BCUT2D eigenvalue weighted by Gasteiger charge is -2.37. The first kappa shape index (κ1) is 23.0. The molecule has 2 amide bonds. The molecular formula is C29H31N3O3. The van der Waals surface area contributed by atoms with Gasteiger partial charge in [-0.3, -0.25) is 9.69 Å². The van der Waals surface area contributed by atoms with Crippen LogP contribution in [0.4, 0.5) is 16.2 Å². The summed E-state index contributed by atoms with van der Waals surface area (Å²) >= 11 is 0. The standard InChI is InChI=1S/C29H31N3O3/c1-21-8-13-27(22(2)18-21)30-14-16-31(17-15-30)28(33)24-9-11-25(12-10-24)32-26(20-35-29(32)34)19-23-6-4-3-5-7-23/h3-13,18,26H,14-17,19-20H2,1-2H3. The number of benzene rings is 3. The van der Waals surface area contributed by atoms with Gasteiger partial charge in [0.1, 0.15) is 6.61 Å². The first-order valence-electron chi connectivity index (χ1n) is 12.2. The van der Waals surface area contributed by atoms with Crippen molar-refractivity contribution in [1.29, 1.82) is 0 Å². The molecule has 6 nitrogen and oxygen atoms in total. The summed E-state index contributed by atoms with van der Waals surface area (Å²) in [5, 5.41) is 0. The van der Waals surface area contributed by atoms with Gasteiger partial charge >= 0.3 is 6.09 Å². The minimum absolute atomic E-state index is 0.0293. The number of piperazine rings is 1. The fourth-order valence-electron chi connectivity index (χ4n) is 5.07. The molecule has 0 spiro atoms. The highest BCUT2D eigenvalue weighted by atomic mass is 16.6. The summed E-state index contributed by atoms with van der Waals surface area (Å²) in [4.78, 5) is 31.6. The van der Waals surface area contributed by atoms with Crippen LogP contribution in [-0.4, -0.2) is 55.7 Å². The Balaban J connectivity index is 1.23. The lowest BCUT2D eigenvalue weighted by atomic mass is 10.0. The fourth-order valence-corrected chi connectivity index (χ4v) is 5.07. The van der Waals surface area contributed by atoms with Gasteiger partial charge in [0, 0.05) is 43.1 Å². The van der Waals surface area contributed by atoms with Gasteiger partial charge in [-0.2, -0.15) is 0 Å². The molecule has 2 saturated heterocycles. The van der Waals surface area contributed by atoms with Crippen molar-refractivity contribution in [2.45, 2.75) is 26.3 Å². The van der Waals surface area contributed by atoms with E-state index < -0.39 is 0 Å². The van der Waals surface area contributed by atoms with Crippen molar-refractivity contribution >= 4 is 23.4 Å². The van der Waals surface area contributed by atoms with E-state index in [1.807, 2.05) is 47.4 Å². The Labute approximate surface area is 206 Å².